The van der Waals surface area contributed by atoms with Crippen LogP contribution in [0.25, 0.3) is 0 Å². The first-order chi connectivity index (χ1) is 8.79. The molecule has 0 radical (unpaired) electrons. The zero-order valence-corrected chi connectivity index (χ0v) is 12.1. The fourth-order valence-electron chi connectivity index (χ4n) is 2.22. The fourth-order valence-corrected chi connectivity index (χ4v) is 3.91. The van der Waals surface area contributed by atoms with Crippen molar-refractivity contribution in [2.24, 2.45) is 5.84 Å². The number of nitrogens with two attached hydrogens (primary N) is 1. The van der Waals surface area contributed by atoms with Crippen molar-refractivity contribution in [1.29, 1.82) is 0 Å². The van der Waals surface area contributed by atoms with E-state index in [2.05, 4.69) is 38.9 Å². The molecular weight excluding hydrogens is 312 g/mol. The minimum atomic E-state index is 0.0188. The Labute approximate surface area is 118 Å². The van der Waals surface area contributed by atoms with E-state index in [0.717, 1.165) is 23.2 Å². The van der Waals surface area contributed by atoms with Gasteiger partial charge in [-0.05, 0) is 50.6 Å². The summed E-state index contributed by atoms with van der Waals surface area (Å²) in [6.45, 7) is 0.780. The third-order valence-corrected chi connectivity index (χ3v) is 5.06. The molecule has 1 atom stereocenters. The van der Waals surface area contributed by atoms with Gasteiger partial charge in [0.15, 0.2) is 0 Å². The largest absolute Gasteiger partial charge is 0.493 e. The van der Waals surface area contributed by atoms with Crippen molar-refractivity contribution in [1.82, 2.24) is 5.43 Å². The number of nitrogens with one attached hydrogen (secondary N) is 1. The average molecular weight is 325 g/mol. The van der Waals surface area contributed by atoms with Crippen LogP contribution in [0.2, 0.25) is 0 Å². The van der Waals surface area contributed by atoms with E-state index in [1.165, 1.54) is 16.0 Å². The first kappa shape index (κ1) is 12.2. The number of hydrazine groups is 1. The Morgan fingerprint density at radius 1 is 1.39 bits per heavy atom. The molecule has 3 nitrogen and oxygen atoms in total. The lowest BCUT2D eigenvalue weighted by Crippen LogP contribution is -2.28. The summed E-state index contributed by atoms with van der Waals surface area (Å²) in [7, 11) is 0. The highest BCUT2D eigenvalue weighted by Crippen LogP contribution is 2.35. The molecule has 3 N–H and O–H groups in total. The molecule has 3 rings (SSSR count). The SMILES string of the molecule is NNC(c1ccc2c(c1)CCO2)c1sccc1Br. The van der Waals surface area contributed by atoms with Gasteiger partial charge in [0.05, 0.1) is 12.6 Å². The Kier molecular flexibility index (Phi) is 3.39. The number of hydrogen-bond donors (Lipinski definition) is 2. The van der Waals surface area contributed by atoms with E-state index in [9.17, 15) is 0 Å². The molecule has 0 saturated heterocycles. The van der Waals surface area contributed by atoms with Crippen molar-refractivity contribution in [3.63, 3.8) is 0 Å². The van der Waals surface area contributed by atoms with Gasteiger partial charge in [-0.15, -0.1) is 11.3 Å². The minimum Gasteiger partial charge on any atom is -0.493 e. The first-order valence-electron chi connectivity index (χ1n) is 5.74. The molecule has 0 amide bonds. The molecule has 0 spiro atoms. The molecule has 0 fully saturated rings. The Morgan fingerprint density at radius 2 is 2.28 bits per heavy atom. The topological polar surface area (TPSA) is 47.3 Å². The highest BCUT2D eigenvalue weighted by atomic mass is 79.9. The summed E-state index contributed by atoms with van der Waals surface area (Å²) in [5.41, 5.74) is 5.33. The fraction of sp³-hybridized carbons (Fsp3) is 0.231. The van der Waals surface area contributed by atoms with Crippen LogP contribution in [0, 0.1) is 0 Å². The predicted octanol–water partition coefficient (Wildman–Crippen LogP) is 3.00. The number of ether oxygens (including phenoxy) is 1. The van der Waals surface area contributed by atoms with Crippen LogP contribution in [0.15, 0.2) is 34.1 Å². The highest BCUT2D eigenvalue weighted by Gasteiger charge is 2.20. The minimum absolute atomic E-state index is 0.0188. The van der Waals surface area contributed by atoms with E-state index in [0.29, 0.717) is 0 Å². The summed E-state index contributed by atoms with van der Waals surface area (Å²) in [5, 5.41) is 2.06. The summed E-state index contributed by atoms with van der Waals surface area (Å²) in [6.07, 6.45) is 0.978. The second kappa shape index (κ2) is 5.01. The van der Waals surface area contributed by atoms with Crippen LogP contribution >= 0.6 is 27.3 Å². The number of rotatable bonds is 3. The average Bonchev–Trinajstić information content (AvgIpc) is 2.99. The summed E-state index contributed by atoms with van der Waals surface area (Å²) >= 11 is 5.25. The number of benzene rings is 1. The molecule has 0 aliphatic carbocycles. The zero-order valence-electron chi connectivity index (χ0n) is 9.65. The molecule has 1 unspecified atom stereocenters. The molecule has 5 heteroatoms. The lowest BCUT2D eigenvalue weighted by atomic mass is 10.0. The van der Waals surface area contributed by atoms with Crippen molar-refractivity contribution in [2.75, 3.05) is 6.61 Å². The van der Waals surface area contributed by atoms with Gasteiger partial charge in [0.2, 0.25) is 0 Å². The summed E-state index contributed by atoms with van der Waals surface area (Å²) in [5.74, 6) is 6.71. The maximum absolute atomic E-state index is 5.71. The first-order valence-corrected chi connectivity index (χ1v) is 7.41. The predicted molar refractivity (Wildman–Crippen MR) is 76.8 cm³/mol. The molecule has 2 aromatic rings. The van der Waals surface area contributed by atoms with Gasteiger partial charge in [-0.3, -0.25) is 5.84 Å². The normalized spacial score (nSPS) is 15.2. The van der Waals surface area contributed by atoms with Gasteiger partial charge < -0.3 is 4.74 Å². The van der Waals surface area contributed by atoms with Gasteiger partial charge in [0, 0.05) is 15.8 Å². The summed E-state index contributed by atoms with van der Waals surface area (Å²) in [4.78, 5) is 1.19. The van der Waals surface area contributed by atoms with Gasteiger partial charge in [-0.2, -0.15) is 0 Å². The lowest BCUT2D eigenvalue weighted by molar-refractivity contribution is 0.357. The Balaban J connectivity index is 2.00. The smallest absolute Gasteiger partial charge is 0.122 e. The lowest BCUT2D eigenvalue weighted by Gasteiger charge is -2.16. The van der Waals surface area contributed by atoms with E-state index in [-0.39, 0.29) is 6.04 Å². The number of fused-ring (bicyclic) bond motifs is 1. The molecule has 1 aromatic carbocycles. The molecule has 0 saturated carbocycles. The van der Waals surface area contributed by atoms with Crippen molar-refractivity contribution in [3.05, 3.63) is 50.1 Å². The van der Waals surface area contributed by atoms with Gasteiger partial charge in [-0.25, -0.2) is 5.43 Å². The van der Waals surface area contributed by atoms with E-state index in [1.807, 2.05) is 12.1 Å². The monoisotopic (exact) mass is 324 g/mol. The van der Waals surface area contributed by atoms with Gasteiger partial charge in [0.25, 0.3) is 0 Å². The number of hydrogen-bond acceptors (Lipinski definition) is 4. The van der Waals surface area contributed by atoms with Gasteiger partial charge in [-0.1, -0.05) is 6.07 Å². The molecular formula is C13H13BrN2OS. The second-order valence-electron chi connectivity index (χ2n) is 4.20. The molecule has 1 aromatic heterocycles. The molecule has 94 valence electrons. The van der Waals surface area contributed by atoms with Crippen molar-refractivity contribution in [2.45, 2.75) is 12.5 Å². The van der Waals surface area contributed by atoms with Gasteiger partial charge in [0.1, 0.15) is 5.75 Å². The standard InChI is InChI=1S/C13H13BrN2OS/c14-10-4-6-18-13(10)12(16-15)9-1-2-11-8(7-9)3-5-17-11/h1-2,4,6-7,12,16H,3,5,15H2. The number of halogens is 1. The van der Waals surface area contributed by atoms with E-state index < -0.39 is 0 Å². The Bertz CT molecular complexity index is 570. The maximum atomic E-state index is 5.71. The van der Waals surface area contributed by atoms with Crippen molar-refractivity contribution < 1.29 is 4.74 Å². The van der Waals surface area contributed by atoms with E-state index >= 15 is 0 Å². The maximum Gasteiger partial charge on any atom is 0.122 e. The molecule has 0 bridgehead atoms. The zero-order chi connectivity index (χ0) is 12.5. The highest BCUT2D eigenvalue weighted by molar-refractivity contribution is 9.10. The van der Waals surface area contributed by atoms with Crippen molar-refractivity contribution >= 4 is 27.3 Å². The van der Waals surface area contributed by atoms with Crippen LogP contribution in [-0.2, 0) is 6.42 Å². The van der Waals surface area contributed by atoms with Crippen LogP contribution in [0.4, 0.5) is 0 Å². The van der Waals surface area contributed by atoms with Gasteiger partial charge >= 0.3 is 0 Å². The van der Waals surface area contributed by atoms with Crippen LogP contribution in [-0.4, -0.2) is 6.61 Å². The van der Waals surface area contributed by atoms with Crippen molar-refractivity contribution in [3.8, 4) is 5.75 Å². The van der Waals surface area contributed by atoms with Crippen LogP contribution in [0.5, 0.6) is 5.75 Å². The molecule has 1 aliphatic heterocycles. The van der Waals surface area contributed by atoms with Crippen LogP contribution in [0.3, 0.4) is 0 Å². The third-order valence-electron chi connectivity index (χ3n) is 3.12. The van der Waals surface area contributed by atoms with E-state index in [4.69, 9.17) is 10.6 Å². The van der Waals surface area contributed by atoms with Crippen LogP contribution < -0.4 is 16.0 Å². The number of thiophene rings is 1. The summed E-state index contributed by atoms with van der Waals surface area (Å²) in [6, 6.07) is 8.34. The quantitative estimate of drug-likeness (QED) is 0.674. The Morgan fingerprint density at radius 3 is 3.00 bits per heavy atom. The summed E-state index contributed by atoms with van der Waals surface area (Å²) < 4.78 is 6.61. The molecule has 18 heavy (non-hydrogen) atoms. The molecule has 2 heterocycles. The van der Waals surface area contributed by atoms with Crippen LogP contribution in [0.1, 0.15) is 22.0 Å². The second-order valence-corrected chi connectivity index (χ2v) is 6.00. The molecule has 1 aliphatic rings. The Hall–Kier alpha value is -0.880. The third kappa shape index (κ3) is 2.07. The van der Waals surface area contributed by atoms with E-state index in [1.54, 1.807) is 11.3 Å².